The molecule has 7 heteroatoms. The maximum atomic E-state index is 12.1. The van der Waals surface area contributed by atoms with Crippen molar-refractivity contribution in [1.29, 1.82) is 0 Å². The Morgan fingerprint density at radius 3 is 2.37 bits per heavy atom. The highest BCUT2D eigenvalue weighted by Gasteiger charge is 2.14. The number of aromatic nitrogens is 1. The molecule has 2 aromatic rings. The van der Waals surface area contributed by atoms with Gasteiger partial charge in [0.25, 0.3) is 5.91 Å². The molecular weight excluding hydrogens is 348 g/mol. The highest BCUT2D eigenvalue weighted by molar-refractivity contribution is 5.91. The lowest BCUT2D eigenvalue weighted by Gasteiger charge is -2.17. The molecule has 0 unspecified atom stereocenters. The van der Waals surface area contributed by atoms with Gasteiger partial charge in [-0.05, 0) is 51.0 Å². The van der Waals surface area contributed by atoms with Crippen LogP contribution in [0, 0.1) is 19.8 Å². The molecule has 7 nitrogen and oxygen atoms in total. The van der Waals surface area contributed by atoms with Crippen LogP contribution in [-0.2, 0) is 16.1 Å². The summed E-state index contributed by atoms with van der Waals surface area (Å²) >= 11 is 0. The predicted molar refractivity (Wildman–Crippen MR) is 99.5 cm³/mol. The Kier molecular flexibility index (Phi) is 6.98. The van der Waals surface area contributed by atoms with Gasteiger partial charge >= 0.3 is 5.97 Å². The van der Waals surface area contributed by atoms with Gasteiger partial charge in [0.2, 0.25) is 0 Å². The van der Waals surface area contributed by atoms with Gasteiger partial charge in [0.1, 0.15) is 18.1 Å². The largest absolute Gasteiger partial charge is 0.489 e. The van der Waals surface area contributed by atoms with E-state index in [1.807, 2.05) is 34.6 Å². The molecule has 0 aliphatic rings. The molecule has 1 aromatic carbocycles. The number of carbonyl (C=O) groups is 2. The van der Waals surface area contributed by atoms with Crippen LogP contribution in [0.1, 0.15) is 48.1 Å². The molecule has 0 radical (unpaired) electrons. The minimum absolute atomic E-state index is 0.0188. The average molecular weight is 374 g/mol. The third kappa shape index (κ3) is 5.84. The standard InChI is InChI=1S/C20H26N2O5/c1-12(2)13(3)21-19(23)11-26-20(24)16-6-8-17(9-7-16)25-10-18-14(4)22-27-15(18)5/h6-9,12-13H,10-11H2,1-5H3,(H,21,23)/t13-/m0/s1. The summed E-state index contributed by atoms with van der Waals surface area (Å²) < 4.78 is 15.8. The summed E-state index contributed by atoms with van der Waals surface area (Å²) in [6, 6.07) is 6.57. The Bertz CT molecular complexity index is 761. The van der Waals surface area contributed by atoms with Crippen LogP contribution in [0.15, 0.2) is 28.8 Å². The second-order valence-corrected chi connectivity index (χ2v) is 6.79. The van der Waals surface area contributed by atoms with Gasteiger partial charge in [0.05, 0.1) is 16.8 Å². The first-order valence-corrected chi connectivity index (χ1v) is 8.89. The maximum Gasteiger partial charge on any atom is 0.338 e. The van der Waals surface area contributed by atoms with Crippen LogP contribution in [0.2, 0.25) is 0 Å². The number of hydrogen-bond acceptors (Lipinski definition) is 6. The van der Waals surface area contributed by atoms with E-state index >= 15 is 0 Å². The summed E-state index contributed by atoms with van der Waals surface area (Å²) in [7, 11) is 0. The zero-order valence-corrected chi connectivity index (χ0v) is 16.4. The molecule has 0 saturated carbocycles. The number of amides is 1. The summed E-state index contributed by atoms with van der Waals surface area (Å²) in [5.74, 6) is 0.763. The SMILES string of the molecule is Cc1noc(C)c1COc1ccc(C(=O)OCC(=O)N[C@@H](C)C(C)C)cc1. The van der Waals surface area contributed by atoms with Crippen molar-refractivity contribution in [2.45, 2.75) is 47.3 Å². The van der Waals surface area contributed by atoms with Gasteiger partial charge in [-0.25, -0.2) is 4.79 Å². The Morgan fingerprint density at radius 1 is 1.15 bits per heavy atom. The van der Waals surface area contributed by atoms with Crippen LogP contribution in [0.4, 0.5) is 0 Å². The Hall–Kier alpha value is -2.83. The second kappa shape index (κ2) is 9.21. The van der Waals surface area contributed by atoms with Crippen molar-refractivity contribution in [3.05, 3.63) is 46.8 Å². The fraction of sp³-hybridized carbons (Fsp3) is 0.450. The van der Waals surface area contributed by atoms with Gasteiger partial charge in [0.15, 0.2) is 6.61 Å². The second-order valence-electron chi connectivity index (χ2n) is 6.79. The fourth-order valence-corrected chi connectivity index (χ4v) is 2.23. The predicted octanol–water partition coefficient (Wildman–Crippen LogP) is 3.19. The fourth-order valence-electron chi connectivity index (χ4n) is 2.23. The molecule has 1 atom stereocenters. The van der Waals surface area contributed by atoms with E-state index in [-0.39, 0.29) is 18.6 Å². The number of ether oxygens (including phenoxy) is 2. The van der Waals surface area contributed by atoms with Crippen LogP contribution in [0.5, 0.6) is 5.75 Å². The van der Waals surface area contributed by atoms with E-state index in [9.17, 15) is 9.59 Å². The van der Waals surface area contributed by atoms with Crippen LogP contribution >= 0.6 is 0 Å². The van der Waals surface area contributed by atoms with Gasteiger partial charge in [-0.3, -0.25) is 4.79 Å². The number of nitrogens with one attached hydrogen (secondary N) is 1. The number of carbonyl (C=O) groups excluding carboxylic acids is 2. The highest BCUT2D eigenvalue weighted by atomic mass is 16.5. The van der Waals surface area contributed by atoms with Crippen LogP contribution < -0.4 is 10.1 Å². The summed E-state index contributed by atoms with van der Waals surface area (Å²) in [5, 5.41) is 6.66. The molecule has 1 amide bonds. The van der Waals surface area contributed by atoms with Gasteiger partial charge in [-0.1, -0.05) is 19.0 Å². The Balaban J connectivity index is 1.83. The highest BCUT2D eigenvalue weighted by Crippen LogP contribution is 2.18. The first kappa shape index (κ1) is 20.5. The molecule has 0 spiro atoms. The van der Waals surface area contributed by atoms with E-state index < -0.39 is 5.97 Å². The molecule has 1 aromatic heterocycles. The molecule has 0 aliphatic heterocycles. The van der Waals surface area contributed by atoms with Crippen molar-refractivity contribution in [3.8, 4) is 5.75 Å². The van der Waals surface area contributed by atoms with Crippen molar-refractivity contribution in [2.24, 2.45) is 5.92 Å². The van der Waals surface area contributed by atoms with Crippen LogP contribution in [-0.4, -0.2) is 29.7 Å². The van der Waals surface area contributed by atoms with Gasteiger partial charge in [-0.2, -0.15) is 0 Å². The van der Waals surface area contributed by atoms with Crippen molar-refractivity contribution >= 4 is 11.9 Å². The lowest BCUT2D eigenvalue weighted by molar-refractivity contribution is -0.125. The molecule has 1 N–H and O–H groups in total. The van der Waals surface area contributed by atoms with Crippen molar-refractivity contribution < 1.29 is 23.6 Å². The zero-order chi connectivity index (χ0) is 20.0. The molecule has 0 bridgehead atoms. The minimum atomic E-state index is -0.556. The van der Waals surface area contributed by atoms with Gasteiger partial charge < -0.3 is 19.3 Å². The third-order valence-corrected chi connectivity index (χ3v) is 4.38. The number of esters is 1. The maximum absolute atomic E-state index is 12.1. The summed E-state index contributed by atoms with van der Waals surface area (Å²) in [6.07, 6.45) is 0. The zero-order valence-electron chi connectivity index (χ0n) is 16.4. The van der Waals surface area contributed by atoms with E-state index in [4.69, 9.17) is 14.0 Å². The minimum Gasteiger partial charge on any atom is -0.489 e. The van der Waals surface area contributed by atoms with E-state index in [1.165, 1.54) is 0 Å². The number of rotatable bonds is 8. The lowest BCUT2D eigenvalue weighted by Crippen LogP contribution is -2.38. The van der Waals surface area contributed by atoms with E-state index in [2.05, 4.69) is 10.5 Å². The number of nitrogens with zero attached hydrogens (tertiary/aromatic N) is 1. The Labute approximate surface area is 159 Å². The normalized spacial score (nSPS) is 11.9. The van der Waals surface area contributed by atoms with Crippen molar-refractivity contribution in [1.82, 2.24) is 10.5 Å². The summed E-state index contributed by atoms with van der Waals surface area (Å²) in [5.41, 5.74) is 2.04. The Morgan fingerprint density at radius 2 is 1.81 bits per heavy atom. The van der Waals surface area contributed by atoms with E-state index in [0.717, 1.165) is 17.0 Å². The monoisotopic (exact) mass is 374 g/mol. The molecular formula is C20H26N2O5. The van der Waals surface area contributed by atoms with Crippen molar-refractivity contribution in [3.63, 3.8) is 0 Å². The first-order chi connectivity index (χ1) is 12.8. The quantitative estimate of drug-likeness (QED) is 0.714. The van der Waals surface area contributed by atoms with Crippen LogP contribution in [0.25, 0.3) is 0 Å². The number of aryl methyl sites for hydroxylation is 2. The molecule has 0 saturated heterocycles. The molecule has 0 aliphatic carbocycles. The van der Waals surface area contributed by atoms with Crippen molar-refractivity contribution in [2.75, 3.05) is 6.61 Å². The molecule has 0 fully saturated rings. The molecule has 27 heavy (non-hydrogen) atoms. The summed E-state index contributed by atoms with van der Waals surface area (Å²) in [6.45, 7) is 9.63. The van der Waals surface area contributed by atoms with E-state index in [0.29, 0.717) is 23.8 Å². The van der Waals surface area contributed by atoms with Crippen LogP contribution in [0.3, 0.4) is 0 Å². The molecule has 146 valence electrons. The number of benzene rings is 1. The third-order valence-electron chi connectivity index (χ3n) is 4.38. The molecule has 1 heterocycles. The number of hydrogen-bond donors (Lipinski definition) is 1. The smallest absolute Gasteiger partial charge is 0.338 e. The van der Waals surface area contributed by atoms with E-state index in [1.54, 1.807) is 24.3 Å². The average Bonchev–Trinajstić information content (AvgIpc) is 2.96. The topological polar surface area (TPSA) is 90.7 Å². The summed E-state index contributed by atoms with van der Waals surface area (Å²) in [4.78, 5) is 23.8. The van der Waals surface area contributed by atoms with Gasteiger partial charge in [-0.15, -0.1) is 0 Å². The first-order valence-electron chi connectivity index (χ1n) is 8.89. The van der Waals surface area contributed by atoms with Gasteiger partial charge in [0, 0.05) is 6.04 Å². The molecule has 2 rings (SSSR count). The lowest BCUT2D eigenvalue weighted by atomic mass is 10.1.